The van der Waals surface area contributed by atoms with Crippen molar-refractivity contribution in [3.63, 3.8) is 0 Å². The Morgan fingerprint density at radius 1 is 1.14 bits per heavy atom. The van der Waals surface area contributed by atoms with Gasteiger partial charge in [-0.3, -0.25) is 4.79 Å². The fraction of sp³-hybridized carbons (Fsp3) is 0.0625. The van der Waals surface area contributed by atoms with Gasteiger partial charge in [-0.05, 0) is 43.3 Å². The predicted octanol–water partition coefficient (Wildman–Crippen LogP) is 5.44. The molecule has 0 bridgehead atoms. The second kappa shape index (κ2) is 5.63. The van der Waals surface area contributed by atoms with Crippen molar-refractivity contribution >= 4 is 45.8 Å². The lowest BCUT2D eigenvalue weighted by Gasteiger charge is -2.05. The van der Waals surface area contributed by atoms with Crippen LogP contribution in [0.5, 0.6) is 0 Å². The molecular formula is C16H10Cl2FNO2. The van der Waals surface area contributed by atoms with E-state index < -0.39 is 11.7 Å². The summed E-state index contributed by atoms with van der Waals surface area (Å²) >= 11 is 11.6. The maximum absolute atomic E-state index is 13.7. The first-order chi connectivity index (χ1) is 10.5. The molecule has 22 heavy (non-hydrogen) atoms. The van der Waals surface area contributed by atoms with Crippen molar-refractivity contribution in [3.8, 4) is 0 Å². The van der Waals surface area contributed by atoms with E-state index in [1.807, 2.05) is 0 Å². The molecule has 1 aromatic heterocycles. The molecule has 6 heteroatoms. The van der Waals surface area contributed by atoms with Gasteiger partial charge in [0, 0.05) is 21.0 Å². The van der Waals surface area contributed by atoms with Gasteiger partial charge in [-0.15, -0.1) is 0 Å². The minimum atomic E-state index is -0.613. The molecule has 0 aliphatic carbocycles. The average molecular weight is 338 g/mol. The first-order valence-corrected chi connectivity index (χ1v) is 7.16. The molecule has 0 saturated carbocycles. The minimum absolute atomic E-state index is 0.0345. The molecule has 1 heterocycles. The number of hydrogen-bond donors (Lipinski definition) is 1. The maximum atomic E-state index is 13.7. The van der Waals surface area contributed by atoms with Crippen LogP contribution in [0.4, 0.5) is 10.1 Å². The Morgan fingerprint density at radius 3 is 2.55 bits per heavy atom. The van der Waals surface area contributed by atoms with Crippen molar-refractivity contribution in [1.82, 2.24) is 0 Å². The Bertz CT molecular complexity index is 889. The Morgan fingerprint density at radius 2 is 1.82 bits per heavy atom. The predicted molar refractivity (Wildman–Crippen MR) is 85.3 cm³/mol. The lowest BCUT2D eigenvalue weighted by Crippen LogP contribution is -2.13. The van der Waals surface area contributed by atoms with Gasteiger partial charge in [0.1, 0.15) is 11.4 Å². The molecule has 0 unspecified atom stereocenters. The number of benzene rings is 2. The van der Waals surface area contributed by atoms with Crippen LogP contribution in [0, 0.1) is 12.7 Å². The van der Waals surface area contributed by atoms with Crippen LogP contribution in [0.15, 0.2) is 40.8 Å². The van der Waals surface area contributed by atoms with Crippen LogP contribution in [0.1, 0.15) is 16.1 Å². The van der Waals surface area contributed by atoms with Gasteiger partial charge in [0.25, 0.3) is 5.91 Å². The Labute approximate surface area is 135 Å². The van der Waals surface area contributed by atoms with Gasteiger partial charge in [-0.25, -0.2) is 4.39 Å². The number of hydrogen-bond acceptors (Lipinski definition) is 2. The van der Waals surface area contributed by atoms with Crippen molar-refractivity contribution in [1.29, 1.82) is 0 Å². The summed E-state index contributed by atoms with van der Waals surface area (Å²) < 4.78 is 19.3. The van der Waals surface area contributed by atoms with E-state index in [0.717, 1.165) is 11.5 Å². The number of aryl methyl sites for hydroxylation is 1. The summed E-state index contributed by atoms with van der Waals surface area (Å²) in [5.74, 6) is -1.03. The number of nitrogens with one attached hydrogen (secondary N) is 1. The van der Waals surface area contributed by atoms with Gasteiger partial charge in [-0.1, -0.05) is 23.2 Å². The molecule has 3 rings (SSSR count). The van der Waals surface area contributed by atoms with Crippen LogP contribution in [0.3, 0.4) is 0 Å². The summed E-state index contributed by atoms with van der Waals surface area (Å²) in [5, 5.41) is 4.02. The van der Waals surface area contributed by atoms with Gasteiger partial charge in [0.15, 0.2) is 5.76 Å². The zero-order valence-electron chi connectivity index (χ0n) is 11.4. The topological polar surface area (TPSA) is 42.2 Å². The number of carbonyl (C=O) groups excluding carboxylic acids is 1. The smallest absolute Gasteiger partial charge is 0.291 e. The molecule has 2 aromatic carbocycles. The van der Waals surface area contributed by atoms with E-state index in [9.17, 15) is 9.18 Å². The molecule has 1 amide bonds. The van der Waals surface area contributed by atoms with E-state index in [0.29, 0.717) is 16.2 Å². The molecule has 0 aliphatic rings. The van der Waals surface area contributed by atoms with E-state index in [2.05, 4.69) is 5.32 Å². The normalized spacial score (nSPS) is 10.9. The summed E-state index contributed by atoms with van der Waals surface area (Å²) in [6, 6.07) is 9.09. The van der Waals surface area contributed by atoms with Crippen LogP contribution in [0.25, 0.3) is 11.0 Å². The lowest BCUT2D eigenvalue weighted by molar-refractivity contribution is 0.0997. The molecule has 0 radical (unpaired) electrons. The van der Waals surface area contributed by atoms with E-state index in [4.69, 9.17) is 27.6 Å². The van der Waals surface area contributed by atoms with Crippen molar-refractivity contribution in [2.75, 3.05) is 5.32 Å². The highest BCUT2D eigenvalue weighted by molar-refractivity contribution is 6.31. The zero-order chi connectivity index (χ0) is 15.9. The second-order valence-corrected chi connectivity index (χ2v) is 5.65. The number of rotatable bonds is 2. The second-order valence-electron chi connectivity index (χ2n) is 4.77. The molecule has 0 saturated heterocycles. The SMILES string of the molecule is Cc1c(C(=O)Nc2ccc(Cl)cc2F)oc2ccc(Cl)cc12. The number of anilines is 1. The molecule has 1 N–H and O–H groups in total. The average Bonchev–Trinajstić information content (AvgIpc) is 2.79. The highest BCUT2D eigenvalue weighted by Gasteiger charge is 2.19. The number of furan rings is 1. The number of carbonyl (C=O) groups is 1. The van der Waals surface area contributed by atoms with Crippen molar-refractivity contribution in [2.24, 2.45) is 0 Å². The summed E-state index contributed by atoms with van der Waals surface area (Å²) in [6.45, 7) is 1.75. The zero-order valence-corrected chi connectivity index (χ0v) is 12.9. The monoisotopic (exact) mass is 337 g/mol. The maximum Gasteiger partial charge on any atom is 0.291 e. The fourth-order valence-corrected chi connectivity index (χ4v) is 2.51. The molecule has 0 atom stereocenters. The Hall–Kier alpha value is -2.04. The highest BCUT2D eigenvalue weighted by Crippen LogP contribution is 2.29. The molecular weight excluding hydrogens is 328 g/mol. The van der Waals surface area contributed by atoms with Crippen LogP contribution < -0.4 is 5.32 Å². The Kier molecular flexibility index (Phi) is 3.81. The highest BCUT2D eigenvalue weighted by atomic mass is 35.5. The van der Waals surface area contributed by atoms with E-state index in [1.165, 1.54) is 12.1 Å². The molecule has 0 spiro atoms. The third-order valence-corrected chi connectivity index (χ3v) is 3.75. The largest absolute Gasteiger partial charge is 0.451 e. The molecule has 112 valence electrons. The number of fused-ring (bicyclic) bond motifs is 1. The standard InChI is InChI=1S/C16H10Cl2FNO2/c1-8-11-6-9(17)3-5-14(11)22-15(8)16(21)20-13-4-2-10(18)7-12(13)19/h2-7H,1H3,(H,20,21). The van der Waals surface area contributed by atoms with Crippen molar-refractivity contribution in [3.05, 3.63) is 63.6 Å². The third-order valence-electron chi connectivity index (χ3n) is 3.28. The van der Waals surface area contributed by atoms with Gasteiger partial charge in [-0.2, -0.15) is 0 Å². The van der Waals surface area contributed by atoms with Crippen LogP contribution in [0.2, 0.25) is 10.0 Å². The molecule has 0 fully saturated rings. The minimum Gasteiger partial charge on any atom is -0.451 e. The summed E-state index contributed by atoms with van der Waals surface area (Å²) in [7, 11) is 0. The first kappa shape index (κ1) is 14.9. The van der Waals surface area contributed by atoms with Crippen LogP contribution in [-0.4, -0.2) is 5.91 Å². The first-order valence-electron chi connectivity index (χ1n) is 6.41. The third kappa shape index (κ3) is 2.67. The Balaban J connectivity index is 1.97. The lowest BCUT2D eigenvalue weighted by atomic mass is 10.1. The van der Waals surface area contributed by atoms with Crippen LogP contribution in [-0.2, 0) is 0 Å². The molecule has 3 aromatic rings. The quantitative estimate of drug-likeness (QED) is 0.676. The summed E-state index contributed by atoms with van der Waals surface area (Å²) in [4.78, 5) is 12.3. The van der Waals surface area contributed by atoms with E-state index in [-0.39, 0.29) is 16.5 Å². The van der Waals surface area contributed by atoms with E-state index in [1.54, 1.807) is 25.1 Å². The summed E-state index contributed by atoms with van der Waals surface area (Å²) in [6.07, 6.45) is 0. The van der Waals surface area contributed by atoms with Gasteiger partial charge >= 0.3 is 0 Å². The molecule has 0 aliphatic heterocycles. The van der Waals surface area contributed by atoms with Gasteiger partial charge in [0.2, 0.25) is 0 Å². The fourth-order valence-electron chi connectivity index (χ4n) is 2.18. The van der Waals surface area contributed by atoms with E-state index >= 15 is 0 Å². The van der Waals surface area contributed by atoms with Gasteiger partial charge < -0.3 is 9.73 Å². The number of halogens is 3. The van der Waals surface area contributed by atoms with Crippen LogP contribution >= 0.6 is 23.2 Å². The molecule has 3 nitrogen and oxygen atoms in total. The van der Waals surface area contributed by atoms with Crippen molar-refractivity contribution in [2.45, 2.75) is 6.92 Å². The van der Waals surface area contributed by atoms with Crippen molar-refractivity contribution < 1.29 is 13.6 Å². The van der Waals surface area contributed by atoms with Gasteiger partial charge in [0.05, 0.1) is 5.69 Å². The number of amides is 1. The summed E-state index contributed by atoms with van der Waals surface area (Å²) in [5.41, 5.74) is 1.22.